The Labute approximate surface area is 123 Å². The van der Waals surface area contributed by atoms with Crippen LogP contribution in [0.25, 0.3) is 10.1 Å². The van der Waals surface area contributed by atoms with Crippen molar-refractivity contribution >= 4 is 21.4 Å². The predicted molar refractivity (Wildman–Crippen MR) is 77.3 cm³/mol. The van der Waals surface area contributed by atoms with Crippen LogP contribution in [0.15, 0.2) is 42.5 Å². The highest BCUT2D eigenvalue weighted by molar-refractivity contribution is 7.19. The van der Waals surface area contributed by atoms with Crippen LogP contribution >= 0.6 is 11.3 Å². The van der Waals surface area contributed by atoms with E-state index in [-0.39, 0.29) is 11.4 Å². The van der Waals surface area contributed by atoms with Gasteiger partial charge in [0.15, 0.2) is 0 Å². The highest BCUT2D eigenvalue weighted by Crippen LogP contribution is 2.34. The summed E-state index contributed by atoms with van der Waals surface area (Å²) in [4.78, 5) is 0.726. The molecule has 0 saturated heterocycles. The Morgan fingerprint density at radius 2 is 1.67 bits per heavy atom. The summed E-state index contributed by atoms with van der Waals surface area (Å²) in [7, 11) is 0. The molecule has 0 radical (unpaired) electrons. The number of fused-ring (bicyclic) bond motifs is 1. The molecule has 0 spiro atoms. The molecule has 1 aromatic heterocycles. The van der Waals surface area contributed by atoms with Gasteiger partial charge in [-0.3, -0.25) is 5.84 Å². The molecule has 3 rings (SSSR count). The summed E-state index contributed by atoms with van der Waals surface area (Å²) in [5.41, 5.74) is 2.77. The van der Waals surface area contributed by atoms with E-state index < -0.39 is 17.7 Å². The van der Waals surface area contributed by atoms with Crippen molar-refractivity contribution in [3.8, 4) is 0 Å². The first-order valence-corrected chi connectivity index (χ1v) is 7.00. The second-order valence-electron chi connectivity index (χ2n) is 4.60. The van der Waals surface area contributed by atoms with Crippen LogP contribution in [0.2, 0.25) is 0 Å². The van der Waals surface area contributed by atoms with E-state index in [9.17, 15) is 13.2 Å². The molecule has 1 unspecified atom stereocenters. The summed E-state index contributed by atoms with van der Waals surface area (Å²) in [6, 6.07) is 8.90. The van der Waals surface area contributed by atoms with Crippen LogP contribution < -0.4 is 11.3 Å². The molecule has 0 saturated carbocycles. The normalized spacial score (nSPS) is 12.8. The molecule has 0 bridgehead atoms. The highest BCUT2D eigenvalue weighted by Gasteiger charge is 2.19. The summed E-state index contributed by atoms with van der Waals surface area (Å²) in [6.07, 6.45) is 0. The lowest BCUT2D eigenvalue weighted by atomic mass is 10.0. The first-order valence-electron chi connectivity index (χ1n) is 6.18. The Morgan fingerprint density at radius 1 is 0.952 bits per heavy atom. The second-order valence-corrected chi connectivity index (χ2v) is 5.71. The van der Waals surface area contributed by atoms with E-state index in [2.05, 4.69) is 5.43 Å². The lowest BCUT2D eigenvalue weighted by molar-refractivity contribution is 0.544. The number of hydrazine groups is 1. The Balaban J connectivity index is 2.09. The lowest BCUT2D eigenvalue weighted by Gasteiger charge is -2.15. The van der Waals surface area contributed by atoms with Gasteiger partial charge in [0.05, 0.1) is 6.04 Å². The maximum absolute atomic E-state index is 13.9. The third-order valence-electron chi connectivity index (χ3n) is 3.22. The summed E-state index contributed by atoms with van der Waals surface area (Å²) >= 11 is 1.38. The fourth-order valence-electron chi connectivity index (χ4n) is 2.24. The molecule has 3 aromatic rings. The van der Waals surface area contributed by atoms with Crippen LogP contribution in [0.5, 0.6) is 0 Å². The van der Waals surface area contributed by atoms with Crippen molar-refractivity contribution in [1.82, 2.24) is 5.43 Å². The maximum Gasteiger partial charge on any atom is 0.131 e. The van der Waals surface area contributed by atoms with Crippen LogP contribution in [0.3, 0.4) is 0 Å². The Morgan fingerprint density at radius 3 is 2.38 bits per heavy atom. The van der Waals surface area contributed by atoms with E-state index in [1.54, 1.807) is 12.1 Å². The standard InChI is InChI=1S/C15H11F3N2S/c16-9-2-4-13-8(5-9)6-14(21-13)15(20-19)11-3-1-10(17)7-12(11)18/h1-7,15,20H,19H2. The number of benzene rings is 2. The largest absolute Gasteiger partial charge is 0.271 e. The van der Waals surface area contributed by atoms with Gasteiger partial charge in [-0.1, -0.05) is 6.07 Å². The molecule has 6 heteroatoms. The van der Waals surface area contributed by atoms with E-state index in [1.165, 1.54) is 35.6 Å². The summed E-state index contributed by atoms with van der Waals surface area (Å²) in [6.45, 7) is 0. The van der Waals surface area contributed by atoms with Crippen molar-refractivity contribution in [2.24, 2.45) is 5.84 Å². The summed E-state index contributed by atoms with van der Waals surface area (Å²) in [5.74, 6) is 3.85. The predicted octanol–water partition coefficient (Wildman–Crippen LogP) is 3.87. The van der Waals surface area contributed by atoms with Gasteiger partial charge in [0, 0.05) is 21.2 Å². The van der Waals surface area contributed by atoms with E-state index in [0.717, 1.165) is 21.0 Å². The van der Waals surface area contributed by atoms with E-state index >= 15 is 0 Å². The number of thiophene rings is 1. The van der Waals surface area contributed by atoms with Crippen LogP contribution in [-0.2, 0) is 0 Å². The Bertz CT molecular complexity index is 801. The number of nitrogens with one attached hydrogen (secondary N) is 1. The average molecular weight is 308 g/mol. The molecule has 2 aromatic carbocycles. The molecule has 21 heavy (non-hydrogen) atoms. The number of nitrogens with two attached hydrogens (primary N) is 1. The van der Waals surface area contributed by atoms with Crippen molar-refractivity contribution in [2.45, 2.75) is 6.04 Å². The first kappa shape index (κ1) is 14.1. The minimum Gasteiger partial charge on any atom is -0.271 e. The van der Waals surface area contributed by atoms with Gasteiger partial charge >= 0.3 is 0 Å². The van der Waals surface area contributed by atoms with E-state index in [1.807, 2.05) is 0 Å². The molecule has 3 N–H and O–H groups in total. The summed E-state index contributed by atoms with van der Waals surface area (Å²) in [5, 5.41) is 0.720. The van der Waals surface area contributed by atoms with Crippen molar-refractivity contribution in [3.63, 3.8) is 0 Å². The SMILES string of the molecule is NNC(c1cc2cc(F)ccc2s1)c1ccc(F)cc1F. The third-order valence-corrected chi connectivity index (χ3v) is 4.40. The zero-order valence-electron chi connectivity index (χ0n) is 10.7. The molecule has 0 amide bonds. The van der Waals surface area contributed by atoms with Gasteiger partial charge in [0.25, 0.3) is 0 Å². The third kappa shape index (κ3) is 2.65. The van der Waals surface area contributed by atoms with Gasteiger partial charge in [-0.15, -0.1) is 11.3 Å². The van der Waals surface area contributed by atoms with Gasteiger partial charge in [0.2, 0.25) is 0 Å². The van der Waals surface area contributed by atoms with Gasteiger partial charge in [0.1, 0.15) is 17.5 Å². The number of rotatable bonds is 3. The quantitative estimate of drug-likeness (QED) is 0.569. The highest BCUT2D eigenvalue weighted by atomic mass is 32.1. The van der Waals surface area contributed by atoms with E-state index in [0.29, 0.717) is 0 Å². The zero-order chi connectivity index (χ0) is 15.0. The van der Waals surface area contributed by atoms with E-state index in [4.69, 9.17) is 5.84 Å². The molecule has 2 nitrogen and oxygen atoms in total. The minimum atomic E-state index is -0.679. The fourth-order valence-corrected chi connectivity index (χ4v) is 3.36. The van der Waals surface area contributed by atoms with Crippen molar-refractivity contribution in [1.29, 1.82) is 0 Å². The molecular formula is C15H11F3N2S. The summed E-state index contributed by atoms with van der Waals surface area (Å²) < 4.78 is 41.0. The average Bonchev–Trinajstić information content (AvgIpc) is 2.84. The molecule has 1 atom stereocenters. The maximum atomic E-state index is 13.9. The molecule has 0 aliphatic rings. The lowest BCUT2D eigenvalue weighted by Crippen LogP contribution is -2.28. The Kier molecular flexibility index (Phi) is 3.67. The number of hydrogen-bond donors (Lipinski definition) is 2. The van der Waals surface area contributed by atoms with Gasteiger partial charge in [-0.2, -0.15) is 0 Å². The molecular weight excluding hydrogens is 297 g/mol. The van der Waals surface area contributed by atoms with Gasteiger partial charge < -0.3 is 0 Å². The molecule has 1 heterocycles. The van der Waals surface area contributed by atoms with Gasteiger partial charge in [-0.05, 0) is 35.7 Å². The van der Waals surface area contributed by atoms with Crippen LogP contribution in [0.1, 0.15) is 16.5 Å². The first-order chi connectivity index (χ1) is 10.1. The topological polar surface area (TPSA) is 38.0 Å². The Hall–Kier alpha value is -1.89. The number of halogens is 3. The van der Waals surface area contributed by atoms with Crippen molar-refractivity contribution in [3.05, 3.63) is 70.4 Å². The smallest absolute Gasteiger partial charge is 0.131 e. The number of hydrogen-bond acceptors (Lipinski definition) is 3. The minimum absolute atomic E-state index is 0.242. The molecule has 0 fully saturated rings. The van der Waals surface area contributed by atoms with Crippen LogP contribution in [0, 0.1) is 17.5 Å². The molecule has 0 aliphatic carbocycles. The monoisotopic (exact) mass is 308 g/mol. The molecule has 0 aliphatic heterocycles. The van der Waals surface area contributed by atoms with Crippen molar-refractivity contribution in [2.75, 3.05) is 0 Å². The second kappa shape index (κ2) is 5.48. The zero-order valence-corrected chi connectivity index (χ0v) is 11.6. The van der Waals surface area contributed by atoms with Gasteiger partial charge in [-0.25, -0.2) is 18.6 Å². The van der Waals surface area contributed by atoms with Crippen molar-refractivity contribution < 1.29 is 13.2 Å². The fraction of sp³-hybridized carbons (Fsp3) is 0.0667. The van der Waals surface area contributed by atoms with Crippen LogP contribution in [-0.4, -0.2) is 0 Å². The molecule has 108 valence electrons. The van der Waals surface area contributed by atoms with Crippen LogP contribution in [0.4, 0.5) is 13.2 Å².